The maximum atomic E-state index is 12.8. The van der Waals surface area contributed by atoms with Gasteiger partial charge in [0.15, 0.2) is 11.0 Å². The summed E-state index contributed by atoms with van der Waals surface area (Å²) in [6, 6.07) is 15.4. The van der Waals surface area contributed by atoms with Crippen LogP contribution in [0.25, 0.3) is 11.4 Å². The lowest BCUT2D eigenvalue weighted by molar-refractivity contribution is -0.115. The summed E-state index contributed by atoms with van der Waals surface area (Å²) in [6.45, 7) is 8.86. The van der Waals surface area contributed by atoms with E-state index in [1.54, 1.807) is 0 Å². The van der Waals surface area contributed by atoms with E-state index < -0.39 is 0 Å². The first-order valence-electron chi connectivity index (χ1n) is 9.66. The smallest absolute Gasteiger partial charge is 0.237 e. The number of hydrogen-bond acceptors (Lipinski definition) is 4. The van der Waals surface area contributed by atoms with Crippen LogP contribution < -0.4 is 5.32 Å². The first kappa shape index (κ1) is 21.4. The molecule has 29 heavy (non-hydrogen) atoms. The van der Waals surface area contributed by atoms with Gasteiger partial charge in [-0.05, 0) is 55.7 Å². The number of thioether (sulfide) groups is 1. The van der Waals surface area contributed by atoms with Gasteiger partial charge in [-0.25, -0.2) is 0 Å². The Labute approximate surface area is 180 Å². The Hall–Kier alpha value is -2.31. The van der Waals surface area contributed by atoms with Crippen molar-refractivity contribution in [1.82, 2.24) is 14.8 Å². The molecule has 0 fully saturated rings. The van der Waals surface area contributed by atoms with E-state index in [0.29, 0.717) is 17.5 Å². The average Bonchev–Trinajstić information content (AvgIpc) is 3.11. The van der Waals surface area contributed by atoms with Crippen molar-refractivity contribution in [3.63, 3.8) is 0 Å². The summed E-state index contributed by atoms with van der Waals surface area (Å²) in [7, 11) is 0. The van der Waals surface area contributed by atoms with Gasteiger partial charge in [0.2, 0.25) is 5.91 Å². The summed E-state index contributed by atoms with van der Waals surface area (Å²) in [5.74, 6) is 1.05. The van der Waals surface area contributed by atoms with Crippen LogP contribution in [0, 0.1) is 0 Å². The lowest BCUT2D eigenvalue weighted by Gasteiger charge is -2.16. The van der Waals surface area contributed by atoms with Gasteiger partial charge in [0.05, 0.1) is 5.25 Å². The number of nitrogens with zero attached hydrogens (tertiary/aromatic N) is 3. The van der Waals surface area contributed by atoms with Gasteiger partial charge in [-0.3, -0.25) is 4.79 Å². The topological polar surface area (TPSA) is 59.8 Å². The Balaban J connectivity index is 1.76. The molecule has 1 N–H and O–H groups in total. The van der Waals surface area contributed by atoms with Crippen molar-refractivity contribution in [1.29, 1.82) is 0 Å². The number of aromatic nitrogens is 3. The van der Waals surface area contributed by atoms with Crippen LogP contribution in [0.1, 0.15) is 39.2 Å². The van der Waals surface area contributed by atoms with Crippen LogP contribution in [-0.4, -0.2) is 25.9 Å². The monoisotopic (exact) mass is 428 g/mol. The molecule has 5 nitrogen and oxygen atoms in total. The highest BCUT2D eigenvalue weighted by molar-refractivity contribution is 8.00. The molecule has 3 rings (SSSR count). The van der Waals surface area contributed by atoms with Crippen LogP contribution in [-0.2, 0) is 11.3 Å². The van der Waals surface area contributed by atoms with Crippen molar-refractivity contribution in [3.8, 4) is 11.4 Å². The number of rotatable bonds is 7. The predicted octanol–water partition coefficient (Wildman–Crippen LogP) is 5.86. The molecule has 0 aliphatic heterocycles. The standard InChI is InChI=1S/C22H25ClN4OS/c1-5-27-20(16-10-12-17(23)13-11-16)25-26-22(27)29-15(4)21(28)24-19-9-7-6-8-18(19)14(2)3/h6-15H,5H2,1-4H3,(H,24,28). The van der Waals surface area contributed by atoms with E-state index >= 15 is 0 Å². The van der Waals surface area contributed by atoms with Crippen LogP contribution in [0.5, 0.6) is 0 Å². The molecule has 1 heterocycles. The summed E-state index contributed by atoms with van der Waals surface area (Å²) in [6.07, 6.45) is 0. The number of halogens is 1. The maximum absolute atomic E-state index is 12.8. The highest BCUT2D eigenvalue weighted by atomic mass is 35.5. The fourth-order valence-electron chi connectivity index (χ4n) is 3.03. The summed E-state index contributed by atoms with van der Waals surface area (Å²) < 4.78 is 2.01. The van der Waals surface area contributed by atoms with Gasteiger partial charge in [0, 0.05) is 22.8 Å². The van der Waals surface area contributed by atoms with E-state index in [2.05, 4.69) is 29.4 Å². The van der Waals surface area contributed by atoms with Gasteiger partial charge >= 0.3 is 0 Å². The molecule has 0 bridgehead atoms. The Morgan fingerprint density at radius 2 is 1.79 bits per heavy atom. The molecular formula is C22H25ClN4OS. The highest BCUT2D eigenvalue weighted by Crippen LogP contribution is 2.29. The molecule has 2 aromatic carbocycles. The van der Waals surface area contributed by atoms with E-state index in [1.807, 2.05) is 66.9 Å². The van der Waals surface area contributed by atoms with Crippen molar-refractivity contribution < 1.29 is 4.79 Å². The summed E-state index contributed by atoms with van der Waals surface area (Å²) in [4.78, 5) is 12.8. The molecule has 7 heteroatoms. The van der Waals surface area contributed by atoms with Crippen LogP contribution in [0.15, 0.2) is 53.7 Å². The van der Waals surface area contributed by atoms with Gasteiger partial charge in [-0.15, -0.1) is 10.2 Å². The van der Waals surface area contributed by atoms with E-state index in [9.17, 15) is 4.79 Å². The molecule has 0 saturated heterocycles. The average molecular weight is 429 g/mol. The zero-order valence-electron chi connectivity index (χ0n) is 17.0. The van der Waals surface area contributed by atoms with Crippen molar-refractivity contribution in [3.05, 3.63) is 59.1 Å². The van der Waals surface area contributed by atoms with Gasteiger partial charge < -0.3 is 9.88 Å². The number of carbonyl (C=O) groups is 1. The molecule has 1 aromatic heterocycles. The third-order valence-electron chi connectivity index (χ3n) is 4.63. The van der Waals surface area contributed by atoms with Gasteiger partial charge in [-0.2, -0.15) is 0 Å². The van der Waals surface area contributed by atoms with Crippen LogP contribution >= 0.6 is 23.4 Å². The molecule has 1 unspecified atom stereocenters. The molecule has 1 atom stereocenters. The number of anilines is 1. The number of nitrogens with one attached hydrogen (secondary N) is 1. The van der Waals surface area contributed by atoms with Crippen molar-refractivity contribution in [2.24, 2.45) is 0 Å². The Morgan fingerprint density at radius 1 is 1.10 bits per heavy atom. The quantitative estimate of drug-likeness (QED) is 0.478. The Kier molecular flexibility index (Phi) is 6.98. The first-order chi connectivity index (χ1) is 13.9. The molecular weight excluding hydrogens is 404 g/mol. The molecule has 3 aromatic rings. The van der Waals surface area contributed by atoms with Gasteiger partial charge in [-0.1, -0.05) is 55.4 Å². The van der Waals surface area contributed by atoms with E-state index in [0.717, 1.165) is 27.8 Å². The van der Waals surface area contributed by atoms with Gasteiger partial charge in [0.1, 0.15) is 0 Å². The maximum Gasteiger partial charge on any atom is 0.237 e. The minimum atomic E-state index is -0.317. The van der Waals surface area contributed by atoms with Crippen LogP contribution in [0.3, 0.4) is 0 Å². The summed E-state index contributed by atoms with van der Waals surface area (Å²) in [5.41, 5.74) is 2.93. The van der Waals surface area contributed by atoms with E-state index in [-0.39, 0.29) is 11.2 Å². The molecule has 0 radical (unpaired) electrons. The minimum Gasteiger partial charge on any atom is -0.325 e. The van der Waals surface area contributed by atoms with E-state index in [1.165, 1.54) is 11.8 Å². The molecule has 152 valence electrons. The lowest BCUT2D eigenvalue weighted by atomic mass is 10.0. The second-order valence-electron chi connectivity index (χ2n) is 7.05. The third kappa shape index (κ3) is 5.00. The number of amides is 1. The largest absolute Gasteiger partial charge is 0.325 e. The number of para-hydroxylation sites is 1. The fraction of sp³-hybridized carbons (Fsp3) is 0.318. The molecule has 0 spiro atoms. The van der Waals surface area contributed by atoms with E-state index in [4.69, 9.17) is 11.6 Å². The van der Waals surface area contributed by atoms with Gasteiger partial charge in [0.25, 0.3) is 0 Å². The third-order valence-corrected chi connectivity index (χ3v) is 5.96. The molecule has 1 amide bonds. The molecule has 0 aliphatic rings. The Bertz CT molecular complexity index is 985. The summed E-state index contributed by atoms with van der Waals surface area (Å²) in [5, 5.41) is 12.8. The van der Waals surface area contributed by atoms with Crippen LogP contribution in [0.4, 0.5) is 5.69 Å². The normalized spacial score (nSPS) is 12.2. The zero-order valence-corrected chi connectivity index (χ0v) is 18.6. The Morgan fingerprint density at radius 3 is 2.45 bits per heavy atom. The SMILES string of the molecule is CCn1c(SC(C)C(=O)Nc2ccccc2C(C)C)nnc1-c1ccc(Cl)cc1. The number of benzene rings is 2. The molecule has 0 saturated carbocycles. The van der Waals surface area contributed by atoms with Crippen molar-refractivity contribution >= 4 is 35.0 Å². The highest BCUT2D eigenvalue weighted by Gasteiger charge is 2.21. The number of hydrogen-bond donors (Lipinski definition) is 1. The summed E-state index contributed by atoms with van der Waals surface area (Å²) >= 11 is 7.39. The second-order valence-corrected chi connectivity index (χ2v) is 8.79. The number of carbonyl (C=O) groups excluding carboxylic acids is 1. The second kappa shape index (κ2) is 9.46. The first-order valence-corrected chi connectivity index (χ1v) is 10.9. The zero-order chi connectivity index (χ0) is 21.0. The minimum absolute atomic E-state index is 0.0539. The molecule has 0 aliphatic carbocycles. The fourth-order valence-corrected chi connectivity index (χ4v) is 4.07. The van der Waals surface area contributed by atoms with Crippen molar-refractivity contribution in [2.45, 2.75) is 50.6 Å². The predicted molar refractivity (Wildman–Crippen MR) is 121 cm³/mol. The lowest BCUT2D eigenvalue weighted by Crippen LogP contribution is -2.23. The van der Waals surface area contributed by atoms with Crippen LogP contribution in [0.2, 0.25) is 5.02 Å². The van der Waals surface area contributed by atoms with Crippen molar-refractivity contribution in [2.75, 3.05) is 5.32 Å².